The summed E-state index contributed by atoms with van der Waals surface area (Å²) in [6.45, 7) is 3.86. The van der Waals surface area contributed by atoms with E-state index in [1.165, 1.54) is 0 Å². The van der Waals surface area contributed by atoms with Crippen LogP contribution >= 0.6 is 15.9 Å². The monoisotopic (exact) mass is 291 g/mol. The molecule has 0 spiro atoms. The Bertz CT molecular complexity index is 578. The number of nitrogens with zero attached hydrogens (tertiary/aromatic N) is 1. The van der Waals surface area contributed by atoms with Crippen LogP contribution in [-0.4, -0.2) is 10.8 Å². The summed E-state index contributed by atoms with van der Waals surface area (Å²) in [7, 11) is 0. The third-order valence-corrected chi connectivity index (χ3v) is 3.26. The van der Waals surface area contributed by atoms with Crippen molar-refractivity contribution in [1.82, 2.24) is 4.98 Å². The van der Waals surface area contributed by atoms with E-state index in [1.807, 2.05) is 38.1 Å². The number of fused-ring (bicyclic) bond motifs is 1. The first-order valence-corrected chi connectivity index (χ1v) is 6.47. The van der Waals surface area contributed by atoms with E-state index in [2.05, 4.69) is 20.9 Å². The number of halogens is 1. The van der Waals surface area contributed by atoms with Crippen LogP contribution in [0.5, 0.6) is 0 Å². The molecule has 0 fully saturated rings. The molecule has 88 valence electrons. The van der Waals surface area contributed by atoms with E-state index in [-0.39, 0.29) is 5.78 Å². The first kappa shape index (κ1) is 12.2. The molecule has 0 unspecified atom stereocenters. The van der Waals surface area contributed by atoms with E-state index in [4.69, 9.17) is 0 Å². The molecule has 1 aromatic heterocycles. The number of Topliss-reactive ketones (excluding diaryl/α,β-unsaturated/α-hetero) is 1. The standard InChI is InChI=1S/C14H14BrNO/c1-3-12(17)7-10-6-9(2)16-14-5-4-11(15)8-13(10)14/h4-6,8H,3,7H2,1-2H3. The van der Waals surface area contributed by atoms with E-state index < -0.39 is 0 Å². The molecule has 0 N–H and O–H groups in total. The molecule has 2 aromatic rings. The topological polar surface area (TPSA) is 30.0 Å². The molecule has 0 aliphatic rings. The fraction of sp³-hybridized carbons (Fsp3) is 0.286. The highest BCUT2D eigenvalue weighted by molar-refractivity contribution is 9.10. The van der Waals surface area contributed by atoms with Crippen molar-refractivity contribution in [1.29, 1.82) is 0 Å². The van der Waals surface area contributed by atoms with Crippen molar-refractivity contribution in [3.8, 4) is 0 Å². The number of pyridine rings is 1. The van der Waals surface area contributed by atoms with Crippen molar-refractivity contribution in [2.24, 2.45) is 0 Å². The molecular formula is C14H14BrNO. The number of rotatable bonds is 3. The van der Waals surface area contributed by atoms with Crippen LogP contribution < -0.4 is 0 Å². The highest BCUT2D eigenvalue weighted by Gasteiger charge is 2.08. The Balaban J connectivity index is 2.59. The van der Waals surface area contributed by atoms with Crippen LogP contribution in [0.15, 0.2) is 28.7 Å². The van der Waals surface area contributed by atoms with E-state index >= 15 is 0 Å². The molecule has 1 heterocycles. The molecule has 0 aliphatic heterocycles. The first-order chi connectivity index (χ1) is 8.10. The Kier molecular flexibility index (Phi) is 3.57. The van der Waals surface area contributed by atoms with Crippen LogP contribution in [0, 0.1) is 6.92 Å². The zero-order valence-electron chi connectivity index (χ0n) is 9.96. The fourth-order valence-corrected chi connectivity index (χ4v) is 2.26. The van der Waals surface area contributed by atoms with Crippen LogP contribution in [0.1, 0.15) is 24.6 Å². The van der Waals surface area contributed by atoms with E-state index in [0.29, 0.717) is 12.8 Å². The van der Waals surface area contributed by atoms with Crippen LogP contribution in [0.2, 0.25) is 0 Å². The van der Waals surface area contributed by atoms with Crippen molar-refractivity contribution in [3.05, 3.63) is 40.0 Å². The normalized spacial score (nSPS) is 10.8. The van der Waals surface area contributed by atoms with Crippen molar-refractivity contribution < 1.29 is 4.79 Å². The van der Waals surface area contributed by atoms with Gasteiger partial charge in [0.2, 0.25) is 0 Å². The zero-order valence-corrected chi connectivity index (χ0v) is 11.5. The van der Waals surface area contributed by atoms with Crippen molar-refractivity contribution >= 4 is 32.6 Å². The summed E-state index contributed by atoms with van der Waals surface area (Å²) in [6, 6.07) is 7.98. The number of benzene rings is 1. The summed E-state index contributed by atoms with van der Waals surface area (Å²) >= 11 is 3.46. The second kappa shape index (κ2) is 4.96. The maximum Gasteiger partial charge on any atom is 0.137 e. The Morgan fingerprint density at radius 3 is 2.82 bits per heavy atom. The number of carbonyl (C=O) groups excluding carboxylic acids is 1. The van der Waals surface area contributed by atoms with Gasteiger partial charge < -0.3 is 0 Å². The van der Waals surface area contributed by atoms with Crippen molar-refractivity contribution in [3.63, 3.8) is 0 Å². The first-order valence-electron chi connectivity index (χ1n) is 5.67. The second-order valence-electron chi connectivity index (χ2n) is 4.15. The van der Waals surface area contributed by atoms with Crippen molar-refractivity contribution in [2.45, 2.75) is 26.7 Å². The van der Waals surface area contributed by atoms with Crippen LogP contribution in [0.25, 0.3) is 10.9 Å². The highest BCUT2D eigenvalue weighted by Crippen LogP contribution is 2.23. The SMILES string of the molecule is CCC(=O)Cc1cc(C)nc2ccc(Br)cc12. The maximum atomic E-state index is 11.6. The molecule has 0 amide bonds. The molecule has 1 aromatic carbocycles. The van der Waals surface area contributed by atoms with Crippen LogP contribution in [-0.2, 0) is 11.2 Å². The van der Waals surface area contributed by atoms with Gasteiger partial charge in [-0.25, -0.2) is 0 Å². The van der Waals surface area contributed by atoms with Gasteiger partial charge in [0.05, 0.1) is 5.52 Å². The highest BCUT2D eigenvalue weighted by atomic mass is 79.9. The summed E-state index contributed by atoms with van der Waals surface area (Å²) in [5.74, 6) is 0.261. The number of ketones is 1. The zero-order chi connectivity index (χ0) is 12.4. The Morgan fingerprint density at radius 1 is 1.35 bits per heavy atom. The quantitative estimate of drug-likeness (QED) is 0.860. The number of aromatic nitrogens is 1. The molecular weight excluding hydrogens is 278 g/mol. The molecule has 0 saturated carbocycles. The molecule has 0 aliphatic carbocycles. The third-order valence-electron chi connectivity index (χ3n) is 2.77. The Hall–Kier alpha value is -1.22. The maximum absolute atomic E-state index is 11.6. The van der Waals surface area contributed by atoms with Gasteiger partial charge in [-0.2, -0.15) is 0 Å². The molecule has 17 heavy (non-hydrogen) atoms. The molecule has 3 heteroatoms. The van der Waals surface area contributed by atoms with Gasteiger partial charge >= 0.3 is 0 Å². The molecule has 2 rings (SSSR count). The smallest absolute Gasteiger partial charge is 0.137 e. The number of hydrogen-bond donors (Lipinski definition) is 0. The van der Waals surface area contributed by atoms with E-state index in [0.717, 1.165) is 26.6 Å². The molecule has 0 radical (unpaired) electrons. The van der Waals surface area contributed by atoms with E-state index in [9.17, 15) is 4.79 Å². The Labute approximate surface area is 109 Å². The summed E-state index contributed by atoms with van der Waals surface area (Å²) in [5, 5.41) is 1.06. The lowest BCUT2D eigenvalue weighted by Gasteiger charge is -2.07. The van der Waals surface area contributed by atoms with Crippen LogP contribution in [0.3, 0.4) is 0 Å². The van der Waals surface area contributed by atoms with Gasteiger partial charge in [-0.05, 0) is 36.8 Å². The summed E-state index contributed by atoms with van der Waals surface area (Å²) in [4.78, 5) is 16.1. The van der Waals surface area contributed by atoms with Gasteiger partial charge in [-0.1, -0.05) is 22.9 Å². The Morgan fingerprint density at radius 2 is 2.12 bits per heavy atom. The average Bonchev–Trinajstić information content (AvgIpc) is 2.29. The summed E-state index contributed by atoms with van der Waals surface area (Å²) in [5.41, 5.74) is 2.98. The van der Waals surface area contributed by atoms with Gasteiger partial charge in [0.15, 0.2) is 0 Å². The van der Waals surface area contributed by atoms with Gasteiger partial charge in [0.25, 0.3) is 0 Å². The molecule has 0 atom stereocenters. The largest absolute Gasteiger partial charge is 0.299 e. The fourth-order valence-electron chi connectivity index (χ4n) is 1.90. The number of hydrogen-bond acceptors (Lipinski definition) is 2. The average molecular weight is 292 g/mol. The van der Waals surface area contributed by atoms with Gasteiger partial charge in [0, 0.05) is 28.4 Å². The summed E-state index contributed by atoms with van der Waals surface area (Å²) in [6.07, 6.45) is 1.07. The summed E-state index contributed by atoms with van der Waals surface area (Å²) < 4.78 is 1.01. The predicted octanol–water partition coefficient (Wildman–Crippen LogP) is 3.83. The molecule has 2 nitrogen and oxygen atoms in total. The molecule has 0 bridgehead atoms. The second-order valence-corrected chi connectivity index (χ2v) is 5.07. The lowest BCUT2D eigenvalue weighted by atomic mass is 10.0. The molecule has 0 saturated heterocycles. The van der Waals surface area contributed by atoms with Crippen LogP contribution in [0.4, 0.5) is 0 Å². The lowest BCUT2D eigenvalue weighted by Crippen LogP contribution is -2.02. The van der Waals surface area contributed by atoms with Gasteiger partial charge in [-0.15, -0.1) is 0 Å². The van der Waals surface area contributed by atoms with Crippen molar-refractivity contribution in [2.75, 3.05) is 0 Å². The minimum absolute atomic E-state index is 0.261. The minimum Gasteiger partial charge on any atom is -0.299 e. The predicted molar refractivity (Wildman–Crippen MR) is 73.2 cm³/mol. The van der Waals surface area contributed by atoms with E-state index in [1.54, 1.807) is 0 Å². The lowest BCUT2D eigenvalue weighted by molar-refractivity contribution is -0.118. The van der Waals surface area contributed by atoms with Gasteiger partial charge in [0.1, 0.15) is 5.78 Å². The number of carbonyl (C=O) groups is 1. The minimum atomic E-state index is 0.261. The number of aryl methyl sites for hydroxylation is 1. The third kappa shape index (κ3) is 2.72. The van der Waals surface area contributed by atoms with Gasteiger partial charge in [-0.3, -0.25) is 9.78 Å².